The van der Waals surface area contributed by atoms with Gasteiger partial charge in [0.2, 0.25) is 0 Å². The molecular formula is C16H19NO5S. The number of carbonyl (C=O) groups excluding carboxylic acids is 1. The van der Waals surface area contributed by atoms with Gasteiger partial charge in [-0.1, -0.05) is 23.8 Å². The van der Waals surface area contributed by atoms with Crippen LogP contribution in [-0.4, -0.2) is 38.1 Å². The molecule has 1 fully saturated rings. The number of rotatable bonds is 6. The van der Waals surface area contributed by atoms with Gasteiger partial charge in [-0.2, -0.15) is 4.31 Å². The van der Waals surface area contributed by atoms with E-state index in [4.69, 9.17) is 9.47 Å². The Balaban J connectivity index is 2.26. The number of ether oxygens (including phenoxy) is 2. The summed E-state index contributed by atoms with van der Waals surface area (Å²) >= 11 is 0. The molecule has 0 radical (unpaired) electrons. The fourth-order valence-corrected chi connectivity index (χ4v) is 3.32. The standard InChI is InChI=1S/C16H19NO5S/c1-4-13(3)21-10-9-14-11-22-16(18)17(14)23(19,20)15-7-5-12(2)6-8-15/h4-9,13H,1,10-11H2,2-3H3/b14-9+. The molecule has 2 rings (SSSR count). The smallest absolute Gasteiger partial charge is 0.428 e. The van der Waals surface area contributed by atoms with Gasteiger partial charge in [0.25, 0.3) is 10.0 Å². The molecule has 1 atom stereocenters. The molecule has 0 N–H and O–H groups in total. The van der Waals surface area contributed by atoms with E-state index in [1.54, 1.807) is 18.2 Å². The highest BCUT2D eigenvalue weighted by molar-refractivity contribution is 7.89. The van der Waals surface area contributed by atoms with E-state index in [1.165, 1.54) is 18.2 Å². The Morgan fingerprint density at radius 3 is 2.65 bits per heavy atom. The normalized spacial score (nSPS) is 18.1. The summed E-state index contributed by atoms with van der Waals surface area (Å²) in [4.78, 5) is 11.9. The average molecular weight is 337 g/mol. The Bertz CT molecular complexity index is 721. The molecule has 1 aromatic carbocycles. The van der Waals surface area contributed by atoms with E-state index < -0.39 is 16.1 Å². The minimum absolute atomic E-state index is 0.0354. The summed E-state index contributed by atoms with van der Waals surface area (Å²) in [5.74, 6) is 0. The second-order valence-corrected chi connectivity index (χ2v) is 6.89. The summed E-state index contributed by atoms with van der Waals surface area (Å²) in [6.07, 6.45) is 2.06. The van der Waals surface area contributed by atoms with Crippen molar-refractivity contribution in [2.45, 2.75) is 24.8 Å². The summed E-state index contributed by atoms with van der Waals surface area (Å²) in [7, 11) is -4.00. The topological polar surface area (TPSA) is 72.9 Å². The van der Waals surface area contributed by atoms with Crippen molar-refractivity contribution in [2.75, 3.05) is 13.2 Å². The summed E-state index contributed by atoms with van der Waals surface area (Å²) in [6.45, 7) is 7.30. The molecule has 1 aliphatic heterocycles. The molecule has 1 saturated heterocycles. The van der Waals surface area contributed by atoms with Gasteiger partial charge >= 0.3 is 6.09 Å². The van der Waals surface area contributed by atoms with Gasteiger partial charge in [0.15, 0.2) is 0 Å². The molecule has 0 spiro atoms. The lowest BCUT2D eigenvalue weighted by Crippen LogP contribution is -2.30. The van der Waals surface area contributed by atoms with Gasteiger partial charge < -0.3 is 9.47 Å². The summed E-state index contributed by atoms with van der Waals surface area (Å²) in [5, 5.41) is 0. The number of hydrogen-bond acceptors (Lipinski definition) is 5. The summed E-state index contributed by atoms with van der Waals surface area (Å²) < 4.78 is 36.2. The SMILES string of the molecule is C=CC(C)OC/C=C1\COC(=O)N1S(=O)(=O)c1ccc(C)cc1. The number of benzene rings is 1. The Hall–Kier alpha value is -2.12. The highest BCUT2D eigenvalue weighted by Gasteiger charge is 2.38. The fourth-order valence-electron chi connectivity index (χ4n) is 1.94. The second kappa shape index (κ2) is 6.97. The van der Waals surface area contributed by atoms with Crippen molar-refractivity contribution < 1.29 is 22.7 Å². The first-order chi connectivity index (χ1) is 10.9. The molecule has 0 bridgehead atoms. The largest absolute Gasteiger partial charge is 0.442 e. The lowest BCUT2D eigenvalue weighted by atomic mass is 10.2. The average Bonchev–Trinajstić information content (AvgIpc) is 2.89. The van der Waals surface area contributed by atoms with Gasteiger partial charge in [-0.15, -0.1) is 6.58 Å². The zero-order chi connectivity index (χ0) is 17.0. The molecule has 0 aromatic heterocycles. The quantitative estimate of drug-likeness (QED) is 0.746. The van der Waals surface area contributed by atoms with Crippen LogP contribution >= 0.6 is 0 Å². The van der Waals surface area contributed by atoms with Crippen molar-refractivity contribution >= 4 is 16.1 Å². The zero-order valence-corrected chi connectivity index (χ0v) is 13.9. The fraction of sp³-hybridized carbons (Fsp3) is 0.312. The number of nitrogens with zero attached hydrogens (tertiary/aromatic N) is 1. The van der Waals surface area contributed by atoms with E-state index in [0.717, 1.165) is 5.56 Å². The first kappa shape index (κ1) is 17.2. The van der Waals surface area contributed by atoms with Crippen LogP contribution in [0.1, 0.15) is 12.5 Å². The maximum absolute atomic E-state index is 12.6. The van der Waals surface area contributed by atoms with Crippen molar-refractivity contribution in [3.8, 4) is 0 Å². The van der Waals surface area contributed by atoms with Gasteiger partial charge in [0.05, 0.1) is 23.3 Å². The van der Waals surface area contributed by atoms with Crippen LogP contribution in [0.4, 0.5) is 4.79 Å². The van der Waals surface area contributed by atoms with Crippen molar-refractivity contribution in [3.63, 3.8) is 0 Å². The van der Waals surface area contributed by atoms with Crippen LogP contribution in [-0.2, 0) is 19.5 Å². The van der Waals surface area contributed by atoms with Gasteiger partial charge in [-0.05, 0) is 32.1 Å². The predicted molar refractivity (Wildman–Crippen MR) is 85.2 cm³/mol. The van der Waals surface area contributed by atoms with Crippen LogP contribution < -0.4 is 0 Å². The maximum Gasteiger partial charge on any atom is 0.428 e. The van der Waals surface area contributed by atoms with Crippen molar-refractivity contribution in [1.82, 2.24) is 4.31 Å². The van der Waals surface area contributed by atoms with Crippen LogP contribution in [0.3, 0.4) is 0 Å². The molecule has 1 aliphatic rings. The monoisotopic (exact) mass is 337 g/mol. The minimum atomic E-state index is -4.00. The maximum atomic E-state index is 12.6. The Labute approximate surface area is 136 Å². The molecular weight excluding hydrogens is 318 g/mol. The number of carbonyl (C=O) groups is 1. The Morgan fingerprint density at radius 1 is 1.39 bits per heavy atom. The highest BCUT2D eigenvalue weighted by atomic mass is 32.2. The summed E-state index contributed by atoms with van der Waals surface area (Å²) in [6, 6.07) is 6.27. The molecule has 1 unspecified atom stereocenters. The predicted octanol–water partition coefficient (Wildman–Crippen LogP) is 2.61. The first-order valence-electron chi connectivity index (χ1n) is 7.08. The van der Waals surface area contributed by atoms with Crippen molar-refractivity contribution in [3.05, 3.63) is 54.3 Å². The van der Waals surface area contributed by atoms with Crippen molar-refractivity contribution in [2.24, 2.45) is 0 Å². The van der Waals surface area contributed by atoms with Crippen molar-refractivity contribution in [1.29, 1.82) is 0 Å². The van der Waals surface area contributed by atoms with Crippen LogP contribution in [0, 0.1) is 6.92 Å². The van der Waals surface area contributed by atoms with Crippen LogP contribution in [0.2, 0.25) is 0 Å². The lowest BCUT2D eigenvalue weighted by Gasteiger charge is -2.16. The van der Waals surface area contributed by atoms with E-state index >= 15 is 0 Å². The molecule has 7 heteroatoms. The van der Waals surface area contributed by atoms with E-state index in [2.05, 4.69) is 6.58 Å². The highest BCUT2D eigenvalue weighted by Crippen LogP contribution is 2.26. The second-order valence-electron chi connectivity index (χ2n) is 5.11. The molecule has 0 aliphatic carbocycles. The minimum Gasteiger partial charge on any atom is -0.442 e. The van der Waals surface area contributed by atoms with E-state index in [1.807, 2.05) is 13.8 Å². The summed E-state index contributed by atoms with van der Waals surface area (Å²) in [5.41, 5.74) is 1.17. The zero-order valence-electron chi connectivity index (χ0n) is 13.1. The van der Waals surface area contributed by atoms with Gasteiger partial charge in [0, 0.05) is 0 Å². The van der Waals surface area contributed by atoms with Crippen LogP contribution in [0.5, 0.6) is 0 Å². The van der Waals surface area contributed by atoms with E-state index in [0.29, 0.717) is 4.31 Å². The van der Waals surface area contributed by atoms with Gasteiger partial charge in [0.1, 0.15) is 6.61 Å². The number of sulfonamides is 1. The van der Waals surface area contributed by atoms with Gasteiger partial charge in [-0.3, -0.25) is 0 Å². The molecule has 1 amide bonds. The van der Waals surface area contributed by atoms with Crippen LogP contribution in [0.25, 0.3) is 0 Å². The number of amides is 1. The third kappa shape index (κ3) is 3.80. The van der Waals surface area contributed by atoms with Crippen LogP contribution in [0.15, 0.2) is 53.6 Å². The van der Waals surface area contributed by atoms with E-state index in [9.17, 15) is 13.2 Å². The molecule has 0 saturated carbocycles. The Morgan fingerprint density at radius 2 is 2.04 bits per heavy atom. The molecule has 1 aromatic rings. The lowest BCUT2D eigenvalue weighted by molar-refractivity contribution is 0.122. The van der Waals surface area contributed by atoms with Gasteiger partial charge in [-0.25, -0.2) is 13.2 Å². The molecule has 1 heterocycles. The number of aryl methyl sites for hydroxylation is 1. The number of hydrogen-bond donors (Lipinski definition) is 0. The molecule has 6 nitrogen and oxygen atoms in total. The molecule has 23 heavy (non-hydrogen) atoms. The Kier molecular flexibility index (Phi) is 5.23. The molecule has 124 valence electrons. The third-order valence-corrected chi connectivity index (χ3v) is 5.07. The third-order valence-electron chi connectivity index (χ3n) is 3.34. The number of cyclic esters (lactones) is 1. The van der Waals surface area contributed by atoms with E-state index in [-0.39, 0.29) is 29.9 Å². The first-order valence-corrected chi connectivity index (χ1v) is 8.52.